The molecule has 0 radical (unpaired) electrons. The van der Waals surface area contributed by atoms with Crippen LogP contribution in [0.2, 0.25) is 0 Å². The number of nitrogens with zero attached hydrogens (tertiary/aromatic N) is 2. The smallest absolute Gasteiger partial charge is 0.141 e. The molecule has 3 aromatic carbocycles. The molecule has 0 amide bonds. The van der Waals surface area contributed by atoms with Crippen molar-refractivity contribution in [2.45, 2.75) is 32.7 Å². The van der Waals surface area contributed by atoms with E-state index in [0.29, 0.717) is 12.5 Å². The van der Waals surface area contributed by atoms with E-state index in [1.54, 1.807) is 0 Å². The van der Waals surface area contributed by atoms with E-state index in [0.717, 1.165) is 45.6 Å². The fourth-order valence-corrected chi connectivity index (χ4v) is 3.77. The molecule has 0 bridgehead atoms. The molecule has 4 aromatic rings. The number of fused-ring (bicyclic) bond motifs is 1. The van der Waals surface area contributed by atoms with Gasteiger partial charge in [-0.15, -0.1) is 0 Å². The highest BCUT2D eigenvalue weighted by Gasteiger charge is 2.12. The highest BCUT2D eigenvalue weighted by Crippen LogP contribution is 2.26. The second kappa shape index (κ2) is 8.83. The summed E-state index contributed by atoms with van der Waals surface area (Å²) >= 11 is 3.51. The summed E-state index contributed by atoms with van der Waals surface area (Å²) in [5.74, 6) is 2.45. The molecule has 4 heteroatoms. The molecule has 0 aliphatic heterocycles. The van der Waals surface area contributed by atoms with E-state index in [9.17, 15) is 0 Å². The van der Waals surface area contributed by atoms with E-state index < -0.39 is 0 Å². The van der Waals surface area contributed by atoms with Crippen molar-refractivity contribution in [3.05, 3.63) is 82.8 Å². The lowest BCUT2D eigenvalue weighted by molar-refractivity contribution is 0.300. The van der Waals surface area contributed by atoms with Crippen molar-refractivity contribution < 1.29 is 4.74 Å². The van der Waals surface area contributed by atoms with Gasteiger partial charge in [-0.05, 0) is 54.3 Å². The third-order valence-corrected chi connectivity index (χ3v) is 5.93. The fourth-order valence-electron chi connectivity index (χ4n) is 3.50. The largest absolute Gasteiger partial charge is 0.492 e. The van der Waals surface area contributed by atoms with Crippen molar-refractivity contribution in [3.63, 3.8) is 0 Å². The minimum Gasteiger partial charge on any atom is -0.492 e. The van der Waals surface area contributed by atoms with Crippen LogP contribution in [0, 0.1) is 0 Å². The standard InChI is InChI=1S/C25H25BrN2O/c1-3-18(2)19-10-14-22(15-11-19)29-17-16-28-24-7-5-4-6-23(24)27-25(28)20-8-12-21(26)13-9-20/h4-15,18H,3,16-17H2,1-2H3. The normalized spacial score (nSPS) is 12.2. The molecule has 1 unspecified atom stereocenters. The SMILES string of the molecule is CCC(C)c1ccc(OCCn2c(-c3ccc(Br)cc3)nc3ccccc32)cc1. The second-order valence-corrected chi connectivity index (χ2v) is 8.23. The molecular weight excluding hydrogens is 424 g/mol. The summed E-state index contributed by atoms with van der Waals surface area (Å²) in [6.07, 6.45) is 1.15. The highest BCUT2D eigenvalue weighted by molar-refractivity contribution is 9.10. The maximum Gasteiger partial charge on any atom is 0.141 e. The zero-order valence-corrected chi connectivity index (χ0v) is 18.4. The molecule has 0 fully saturated rings. The van der Waals surface area contributed by atoms with Gasteiger partial charge < -0.3 is 9.30 Å². The van der Waals surface area contributed by atoms with Gasteiger partial charge >= 0.3 is 0 Å². The summed E-state index contributed by atoms with van der Waals surface area (Å²) in [6, 6.07) is 25.0. The fraction of sp³-hybridized carbons (Fsp3) is 0.240. The Bertz CT molecular complexity index is 1080. The summed E-state index contributed by atoms with van der Waals surface area (Å²) in [7, 11) is 0. The van der Waals surface area contributed by atoms with E-state index in [-0.39, 0.29) is 0 Å². The van der Waals surface area contributed by atoms with Gasteiger partial charge in [0.15, 0.2) is 0 Å². The van der Waals surface area contributed by atoms with Gasteiger partial charge in [0.05, 0.1) is 17.6 Å². The third kappa shape index (κ3) is 4.38. The Hall–Kier alpha value is -2.59. The van der Waals surface area contributed by atoms with Crippen molar-refractivity contribution in [1.82, 2.24) is 9.55 Å². The second-order valence-electron chi connectivity index (χ2n) is 7.31. The molecule has 148 valence electrons. The molecule has 3 nitrogen and oxygen atoms in total. The van der Waals surface area contributed by atoms with E-state index in [1.165, 1.54) is 5.56 Å². The Labute approximate surface area is 180 Å². The topological polar surface area (TPSA) is 27.1 Å². The summed E-state index contributed by atoms with van der Waals surface area (Å²) in [4.78, 5) is 4.87. The minimum atomic E-state index is 0.579. The van der Waals surface area contributed by atoms with Crippen LogP contribution < -0.4 is 4.74 Å². The molecule has 0 spiro atoms. The number of benzene rings is 3. The minimum absolute atomic E-state index is 0.579. The van der Waals surface area contributed by atoms with Crippen LogP contribution >= 0.6 is 15.9 Å². The summed E-state index contributed by atoms with van der Waals surface area (Å²) in [6.45, 7) is 5.79. The molecule has 1 atom stereocenters. The Kier molecular flexibility index (Phi) is 6.00. The number of halogens is 1. The first kappa shape index (κ1) is 19.7. The zero-order valence-electron chi connectivity index (χ0n) is 16.8. The Morgan fingerprint density at radius 1 is 0.966 bits per heavy atom. The molecular formula is C25H25BrN2O. The van der Waals surface area contributed by atoms with E-state index in [4.69, 9.17) is 9.72 Å². The monoisotopic (exact) mass is 448 g/mol. The molecule has 0 aliphatic carbocycles. The van der Waals surface area contributed by atoms with Gasteiger partial charge in [0.1, 0.15) is 18.2 Å². The van der Waals surface area contributed by atoms with Crippen molar-refractivity contribution in [3.8, 4) is 17.1 Å². The number of aromatic nitrogens is 2. The third-order valence-electron chi connectivity index (χ3n) is 5.40. The van der Waals surface area contributed by atoms with E-state index in [1.807, 2.05) is 18.2 Å². The van der Waals surface area contributed by atoms with E-state index >= 15 is 0 Å². The lowest BCUT2D eigenvalue weighted by atomic mass is 9.99. The zero-order chi connectivity index (χ0) is 20.2. The quantitative estimate of drug-likeness (QED) is 0.302. The van der Waals surface area contributed by atoms with Crippen LogP contribution in [0.25, 0.3) is 22.4 Å². The first-order valence-corrected chi connectivity index (χ1v) is 10.9. The number of hydrogen-bond acceptors (Lipinski definition) is 2. The van der Waals surface area contributed by atoms with E-state index in [2.05, 4.69) is 88.9 Å². The van der Waals surface area contributed by atoms with Crippen LogP contribution in [0.3, 0.4) is 0 Å². The molecule has 1 heterocycles. The van der Waals surface area contributed by atoms with Crippen LogP contribution in [-0.4, -0.2) is 16.2 Å². The first-order chi connectivity index (χ1) is 14.2. The number of ether oxygens (including phenoxy) is 1. The van der Waals surface area contributed by atoms with Gasteiger partial charge in [-0.1, -0.05) is 66.2 Å². The lowest BCUT2D eigenvalue weighted by Crippen LogP contribution is -2.09. The van der Waals surface area contributed by atoms with Crippen LogP contribution in [0.15, 0.2) is 77.3 Å². The van der Waals surface area contributed by atoms with Crippen LogP contribution in [0.5, 0.6) is 5.75 Å². The number of hydrogen-bond donors (Lipinski definition) is 0. The van der Waals surface area contributed by atoms with Gasteiger partial charge in [0.2, 0.25) is 0 Å². The van der Waals surface area contributed by atoms with Crippen molar-refractivity contribution >= 4 is 27.0 Å². The molecule has 0 aliphatic rings. The Morgan fingerprint density at radius 2 is 1.69 bits per heavy atom. The van der Waals surface area contributed by atoms with Gasteiger partial charge in [-0.2, -0.15) is 0 Å². The van der Waals surface area contributed by atoms with Crippen LogP contribution in [0.1, 0.15) is 31.7 Å². The highest BCUT2D eigenvalue weighted by atomic mass is 79.9. The van der Waals surface area contributed by atoms with Crippen molar-refractivity contribution in [1.29, 1.82) is 0 Å². The lowest BCUT2D eigenvalue weighted by Gasteiger charge is -2.13. The maximum atomic E-state index is 6.05. The average molecular weight is 449 g/mol. The molecule has 1 aromatic heterocycles. The van der Waals surface area contributed by atoms with Gasteiger partial charge in [0, 0.05) is 10.0 Å². The van der Waals surface area contributed by atoms with Crippen LogP contribution in [0.4, 0.5) is 0 Å². The van der Waals surface area contributed by atoms with Gasteiger partial charge in [-0.3, -0.25) is 0 Å². The average Bonchev–Trinajstić information content (AvgIpc) is 3.13. The van der Waals surface area contributed by atoms with Crippen molar-refractivity contribution in [2.75, 3.05) is 6.61 Å². The molecule has 0 saturated carbocycles. The maximum absolute atomic E-state index is 6.05. The number of imidazole rings is 1. The molecule has 0 saturated heterocycles. The Balaban J connectivity index is 1.54. The predicted octanol–water partition coefficient (Wildman–Crippen LogP) is 7.06. The van der Waals surface area contributed by atoms with Gasteiger partial charge in [0.25, 0.3) is 0 Å². The van der Waals surface area contributed by atoms with Crippen molar-refractivity contribution in [2.24, 2.45) is 0 Å². The molecule has 4 rings (SSSR count). The summed E-state index contributed by atoms with van der Waals surface area (Å²) in [5, 5.41) is 0. The number of para-hydroxylation sites is 2. The molecule has 29 heavy (non-hydrogen) atoms. The molecule has 0 N–H and O–H groups in total. The Morgan fingerprint density at radius 3 is 2.41 bits per heavy atom. The summed E-state index contributed by atoms with van der Waals surface area (Å²) in [5.41, 5.74) is 4.59. The van der Waals surface area contributed by atoms with Gasteiger partial charge in [-0.25, -0.2) is 4.98 Å². The van der Waals surface area contributed by atoms with Crippen LogP contribution in [-0.2, 0) is 6.54 Å². The first-order valence-electron chi connectivity index (χ1n) is 10.1. The predicted molar refractivity (Wildman–Crippen MR) is 124 cm³/mol. The number of rotatable bonds is 7. The summed E-state index contributed by atoms with van der Waals surface area (Å²) < 4.78 is 9.36.